The topological polar surface area (TPSA) is 12.0 Å². The zero-order valence-electron chi connectivity index (χ0n) is 10.8. The van der Waals surface area contributed by atoms with Crippen LogP contribution in [0, 0.1) is 5.92 Å². The number of rotatable bonds is 3. The van der Waals surface area contributed by atoms with Crippen molar-refractivity contribution in [1.82, 2.24) is 5.32 Å². The minimum atomic E-state index is -4.13. The van der Waals surface area contributed by atoms with Gasteiger partial charge in [-0.25, -0.2) is 0 Å². The van der Waals surface area contributed by atoms with E-state index in [9.17, 15) is 13.2 Å². The first-order valence-corrected chi connectivity index (χ1v) is 7.37. The van der Waals surface area contributed by atoms with Gasteiger partial charge in [0.25, 0.3) is 0 Å². The van der Waals surface area contributed by atoms with E-state index >= 15 is 0 Å². The van der Waals surface area contributed by atoms with Crippen LogP contribution in [0.3, 0.4) is 0 Å². The van der Waals surface area contributed by atoms with Crippen LogP contribution in [0.15, 0.2) is 18.2 Å². The Bertz CT molecular complexity index is 462. The second kappa shape index (κ2) is 6.54. The molecule has 1 fully saturated rings. The van der Waals surface area contributed by atoms with E-state index < -0.39 is 18.1 Å². The van der Waals surface area contributed by atoms with E-state index in [0.717, 1.165) is 12.0 Å². The minimum Gasteiger partial charge on any atom is -0.309 e. The van der Waals surface area contributed by atoms with E-state index in [-0.39, 0.29) is 6.42 Å². The van der Waals surface area contributed by atoms with Crippen molar-refractivity contribution in [3.05, 3.63) is 33.8 Å². The summed E-state index contributed by atoms with van der Waals surface area (Å²) in [6, 6.07) is 4.59. The third kappa shape index (κ3) is 4.03. The summed E-state index contributed by atoms with van der Waals surface area (Å²) in [4.78, 5) is 0. The van der Waals surface area contributed by atoms with Gasteiger partial charge in [0, 0.05) is 12.6 Å². The zero-order chi connectivity index (χ0) is 14.8. The van der Waals surface area contributed by atoms with Gasteiger partial charge in [-0.2, -0.15) is 13.2 Å². The van der Waals surface area contributed by atoms with E-state index in [4.69, 9.17) is 23.2 Å². The van der Waals surface area contributed by atoms with E-state index in [1.165, 1.54) is 0 Å². The smallest absolute Gasteiger partial charge is 0.309 e. The van der Waals surface area contributed by atoms with Crippen LogP contribution in [-0.4, -0.2) is 12.2 Å². The Kier molecular flexibility index (Phi) is 5.21. The molecule has 1 aliphatic rings. The van der Waals surface area contributed by atoms with Gasteiger partial charge in [0.05, 0.1) is 16.0 Å². The first kappa shape index (κ1) is 15.9. The van der Waals surface area contributed by atoms with Gasteiger partial charge >= 0.3 is 6.18 Å². The number of nitrogens with one attached hydrogen (secondary N) is 1. The van der Waals surface area contributed by atoms with Crippen molar-refractivity contribution in [2.75, 3.05) is 0 Å². The van der Waals surface area contributed by atoms with E-state index in [1.807, 2.05) is 0 Å². The van der Waals surface area contributed by atoms with Crippen LogP contribution >= 0.6 is 23.2 Å². The molecule has 2 unspecified atom stereocenters. The number of benzene rings is 1. The molecule has 0 aliphatic heterocycles. The Balaban J connectivity index is 1.99. The number of hydrogen-bond acceptors (Lipinski definition) is 1. The summed E-state index contributed by atoms with van der Waals surface area (Å²) in [5, 5.41) is 3.88. The summed E-state index contributed by atoms with van der Waals surface area (Å²) in [7, 11) is 0. The Morgan fingerprint density at radius 2 is 1.80 bits per heavy atom. The molecule has 0 amide bonds. The third-order valence-corrected chi connectivity index (χ3v) is 4.48. The first-order chi connectivity index (χ1) is 9.38. The SMILES string of the molecule is FC(F)(F)C1CCCCC1NCc1ccc(Cl)c(Cl)c1. The van der Waals surface area contributed by atoms with Gasteiger partial charge in [0.1, 0.15) is 0 Å². The van der Waals surface area contributed by atoms with Gasteiger partial charge < -0.3 is 5.32 Å². The summed E-state index contributed by atoms with van der Waals surface area (Å²) in [6.07, 6.45) is -1.87. The van der Waals surface area contributed by atoms with Crippen LogP contribution in [-0.2, 0) is 6.54 Å². The van der Waals surface area contributed by atoms with Crippen LogP contribution in [0.2, 0.25) is 10.0 Å². The second-order valence-electron chi connectivity index (χ2n) is 5.17. The molecule has 1 N–H and O–H groups in total. The van der Waals surface area contributed by atoms with Crippen LogP contribution in [0.25, 0.3) is 0 Å². The molecular formula is C14H16Cl2F3N. The average Bonchev–Trinajstić information content (AvgIpc) is 2.39. The molecule has 0 heterocycles. The molecule has 0 radical (unpaired) electrons. The minimum absolute atomic E-state index is 0.211. The average molecular weight is 326 g/mol. The van der Waals surface area contributed by atoms with Crippen molar-refractivity contribution in [3.63, 3.8) is 0 Å². The molecule has 1 nitrogen and oxygen atoms in total. The maximum Gasteiger partial charge on any atom is 0.393 e. The molecule has 2 rings (SSSR count). The fraction of sp³-hybridized carbons (Fsp3) is 0.571. The lowest BCUT2D eigenvalue weighted by Gasteiger charge is -2.33. The second-order valence-corrected chi connectivity index (χ2v) is 5.98. The number of halogens is 5. The normalized spacial score (nSPS) is 23.9. The molecule has 0 saturated heterocycles. The van der Waals surface area contributed by atoms with Crippen molar-refractivity contribution in [2.45, 2.75) is 44.4 Å². The van der Waals surface area contributed by atoms with Crippen molar-refractivity contribution in [1.29, 1.82) is 0 Å². The Hall–Kier alpha value is -0.450. The van der Waals surface area contributed by atoms with Gasteiger partial charge in [0.15, 0.2) is 0 Å². The highest BCUT2D eigenvalue weighted by molar-refractivity contribution is 6.42. The standard InChI is InChI=1S/C14H16Cl2F3N/c15-11-6-5-9(7-12(11)16)8-20-13-4-2-1-3-10(13)14(17,18)19/h5-7,10,13,20H,1-4,8H2. The lowest BCUT2D eigenvalue weighted by Crippen LogP contribution is -2.45. The monoisotopic (exact) mass is 325 g/mol. The quantitative estimate of drug-likeness (QED) is 0.804. The highest BCUT2D eigenvalue weighted by atomic mass is 35.5. The fourth-order valence-corrected chi connectivity index (χ4v) is 2.99. The Morgan fingerprint density at radius 3 is 2.45 bits per heavy atom. The highest BCUT2D eigenvalue weighted by Crippen LogP contribution is 2.37. The molecular weight excluding hydrogens is 310 g/mol. The van der Waals surface area contributed by atoms with Crippen molar-refractivity contribution < 1.29 is 13.2 Å². The van der Waals surface area contributed by atoms with E-state index in [0.29, 0.717) is 29.4 Å². The summed E-state index contributed by atoms with van der Waals surface area (Å²) in [6.45, 7) is 0.369. The third-order valence-electron chi connectivity index (χ3n) is 3.74. The molecule has 0 aromatic heterocycles. The molecule has 0 spiro atoms. The van der Waals surface area contributed by atoms with Gasteiger partial charge in [-0.1, -0.05) is 42.1 Å². The number of hydrogen-bond donors (Lipinski definition) is 1. The van der Waals surface area contributed by atoms with Gasteiger partial charge in [-0.05, 0) is 30.5 Å². The van der Waals surface area contributed by atoms with Crippen LogP contribution in [0.4, 0.5) is 13.2 Å². The lowest BCUT2D eigenvalue weighted by molar-refractivity contribution is -0.189. The molecule has 1 aromatic carbocycles. The van der Waals surface area contributed by atoms with Crippen LogP contribution < -0.4 is 5.32 Å². The molecule has 1 aliphatic carbocycles. The van der Waals surface area contributed by atoms with Gasteiger partial charge in [0.2, 0.25) is 0 Å². The summed E-state index contributed by atoms with van der Waals surface area (Å²) >= 11 is 11.7. The van der Waals surface area contributed by atoms with Gasteiger partial charge in [-0.3, -0.25) is 0 Å². The molecule has 20 heavy (non-hydrogen) atoms. The molecule has 2 atom stereocenters. The van der Waals surface area contributed by atoms with Crippen LogP contribution in [0.5, 0.6) is 0 Å². The largest absolute Gasteiger partial charge is 0.393 e. The zero-order valence-corrected chi connectivity index (χ0v) is 12.3. The van der Waals surface area contributed by atoms with Crippen LogP contribution in [0.1, 0.15) is 31.2 Å². The molecule has 1 aromatic rings. The molecule has 6 heteroatoms. The van der Waals surface area contributed by atoms with Gasteiger partial charge in [-0.15, -0.1) is 0 Å². The van der Waals surface area contributed by atoms with Crippen molar-refractivity contribution in [3.8, 4) is 0 Å². The Labute approximate surface area is 126 Å². The predicted molar refractivity (Wildman–Crippen MR) is 75.1 cm³/mol. The summed E-state index contributed by atoms with van der Waals surface area (Å²) in [5.41, 5.74) is 0.839. The predicted octanol–water partition coefficient (Wildman–Crippen LogP) is 5.20. The number of alkyl halides is 3. The molecule has 1 saturated carbocycles. The van der Waals surface area contributed by atoms with Crippen molar-refractivity contribution in [2.24, 2.45) is 5.92 Å². The first-order valence-electron chi connectivity index (χ1n) is 6.62. The molecule has 112 valence electrons. The fourth-order valence-electron chi connectivity index (χ4n) is 2.67. The van der Waals surface area contributed by atoms with E-state index in [2.05, 4.69) is 5.32 Å². The summed E-state index contributed by atoms with van der Waals surface area (Å²) < 4.78 is 38.9. The Morgan fingerprint density at radius 1 is 1.10 bits per heavy atom. The van der Waals surface area contributed by atoms with Crippen molar-refractivity contribution >= 4 is 23.2 Å². The maximum atomic E-state index is 13.0. The molecule has 0 bridgehead atoms. The summed E-state index contributed by atoms with van der Waals surface area (Å²) in [5.74, 6) is -1.25. The maximum absolute atomic E-state index is 13.0. The lowest BCUT2D eigenvalue weighted by atomic mass is 9.84. The van der Waals surface area contributed by atoms with E-state index in [1.54, 1.807) is 18.2 Å². The highest BCUT2D eigenvalue weighted by Gasteiger charge is 2.45.